The van der Waals surface area contributed by atoms with Crippen LogP contribution in [0.5, 0.6) is 11.5 Å². The number of aryl methyl sites for hydroxylation is 1. The summed E-state index contributed by atoms with van der Waals surface area (Å²) < 4.78 is 11.4. The van der Waals surface area contributed by atoms with E-state index in [2.05, 4.69) is 0 Å². The van der Waals surface area contributed by atoms with Crippen molar-refractivity contribution in [1.29, 1.82) is 0 Å². The van der Waals surface area contributed by atoms with Crippen LogP contribution in [0.4, 0.5) is 5.69 Å². The molecule has 2 aromatic carbocycles. The van der Waals surface area contributed by atoms with Crippen LogP contribution in [0.1, 0.15) is 42.0 Å². The number of anilines is 1. The van der Waals surface area contributed by atoms with Gasteiger partial charge in [-0.25, -0.2) is 0 Å². The molecule has 31 heavy (non-hydrogen) atoms. The van der Waals surface area contributed by atoms with Gasteiger partial charge in [-0.15, -0.1) is 0 Å². The lowest BCUT2D eigenvalue weighted by Crippen LogP contribution is -2.37. The van der Waals surface area contributed by atoms with E-state index in [0.29, 0.717) is 19.8 Å². The summed E-state index contributed by atoms with van der Waals surface area (Å²) >= 11 is 0. The molecule has 3 aliphatic rings. The van der Waals surface area contributed by atoms with E-state index in [0.717, 1.165) is 53.3 Å². The summed E-state index contributed by atoms with van der Waals surface area (Å²) in [5.41, 5.74) is 4.24. The number of carbonyl (C=O) groups excluding carboxylic acids is 2. The average molecular weight is 421 g/mol. The van der Waals surface area contributed by atoms with Crippen LogP contribution in [0.25, 0.3) is 0 Å². The third-order valence-corrected chi connectivity index (χ3v) is 6.83. The van der Waals surface area contributed by atoms with E-state index in [1.807, 2.05) is 55.1 Å². The summed E-state index contributed by atoms with van der Waals surface area (Å²) in [5.74, 6) is 1.32. The predicted octanol–water partition coefficient (Wildman–Crippen LogP) is 3.79. The van der Waals surface area contributed by atoms with Gasteiger partial charge in [0.2, 0.25) is 11.8 Å². The Morgan fingerprint density at radius 2 is 1.87 bits per heavy atom. The van der Waals surface area contributed by atoms with E-state index in [-0.39, 0.29) is 30.2 Å². The standard InChI is InChI=1S/C25H28N2O4/c1-16-5-3-6-20(17(16)2)27-15-19(14-24(27)28)25(29)26-10-4-7-21(26)18-8-9-22-23(13-18)31-12-11-30-22/h3,5-6,8-9,13,19,21H,4,7,10-12,14-15H2,1-2H3/t19-,21+/m0/s1. The fraction of sp³-hybridized carbons (Fsp3) is 0.440. The second-order valence-electron chi connectivity index (χ2n) is 8.72. The SMILES string of the molecule is Cc1cccc(N2C[C@@H](C(=O)N3CCC[C@@H]3c3ccc4c(c3)OCCO4)CC2=O)c1C. The van der Waals surface area contributed by atoms with Crippen molar-refractivity contribution >= 4 is 17.5 Å². The predicted molar refractivity (Wildman–Crippen MR) is 117 cm³/mol. The van der Waals surface area contributed by atoms with E-state index in [9.17, 15) is 9.59 Å². The lowest BCUT2D eigenvalue weighted by molar-refractivity contribution is -0.136. The third-order valence-electron chi connectivity index (χ3n) is 6.83. The number of likely N-dealkylation sites (tertiary alicyclic amines) is 1. The van der Waals surface area contributed by atoms with Crippen molar-refractivity contribution in [3.63, 3.8) is 0 Å². The first kappa shape index (κ1) is 19.9. The Kier molecular flexibility index (Phi) is 5.08. The molecule has 0 aromatic heterocycles. The van der Waals surface area contributed by atoms with Crippen LogP contribution in [-0.4, -0.2) is 43.0 Å². The van der Waals surface area contributed by atoms with Crippen molar-refractivity contribution in [2.45, 2.75) is 39.2 Å². The van der Waals surface area contributed by atoms with Crippen molar-refractivity contribution in [2.24, 2.45) is 5.92 Å². The zero-order chi connectivity index (χ0) is 21.5. The van der Waals surface area contributed by atoms with E-state index in [1.165, 1.54) is 0 Å². The molecule has 6 heteroatoms. The molecule has 3 heterocycles. The Bertz CT molecular complexity index is 1030. The molecule has 5 rings (SSSR count). The molecule has 6 nitrogen and oxygen atoms in total. The van der Waals surface area contributed by atoms with Gasteiger partial charge in [0.05, 0.1) is 12.0 Å². The molecule has 0 N–H and O–H groups in total. The van der Waals surface area contributed by atoms with Crippen LogP contribution in [0, 0.1) is 19.8 Å². The first-order valence-electron chi connectivity index (χ1n) is 11.1. The van der Waals surface area contributed by atoms with E-state index in [4.69, 9.17) is 9.47 Å². The Hall–Kier alpha value is -3.02. The van der Waals surface area contributed by atoms with E-state index in [1.54, 1.807) is 4.90 Å². The van der Waals surface area contributed by atoms with Crippen molar-refractivity contribution in [1.82, 2.24) is 4.90 Å². The highest BCUT2D eigenvalue weighted by Crippen LogP contribution is 2.40. The van der Waals surface area contributed by atoms with Gasteiger partial charge < -0.3 is 19.3 Å². The van der Waals surface area contributed by atoms with E-state index >= 15 is 0 Å². The maximum absolute atomic E-state index is 13.5. The zero-order valence-electron chi connectivity index (χ0n) is 18.1. The summed E-state index contributed by atoms with van der Waals surface area (Å²) in [6.45, 7) is 6.36. The minimum Gasteiger partial charge on any atom is -0.486 e. The Morgan fingerprint density at radius 1 is 1.06 bits per heavy atom. The number of ether oxygens (including phenoxy) is 2. The number of fused-ring (bicyclic) bond motifs is 1. The Morgan fingerprint density at radius 3 is 2.71 bits per heavy atom. The first-order valence-corrected chi connectivity index (χ1v) is 11.1. The van der Waals surface area contributed by atoms with Crippen LogP contribution in [0.2, 0.25) is 0 Å². The van der Waals surface area contributed by atoms with Crippen LogP contribution in [0.3, 0.4) is 0 Å². The summed E-state index contributed by atoms with van der Waals surface area (Å²) in [5, 5.41) is 0. The lowest BCUT2D eigenvalue weighted by atomic mass is 10.0. The number of rotatable bonds is 3. The highest BCUT2D eigenvalue weighted by atomic mass is 16.6. The Labute approximate surface area is 182 Å². The molecule has 2 atom stereocenters. The third kappa shape index (κ3) is 3.54. The molecular formula is C25H28N2O4. The monoisotopic (exact) mass is 420 g/mol. The molecule has 2 saturated heterocycles. The average Bonchev–Trinajstić information content (AvgIpc) is 3.42. The van der Waals surface area contributed by atoms with Crippen molar-refractivity contribution in [2.75, 3.05) is 31.2 Å². The fourth-order valence-electron chi connectivity index (χ4n) is 5.01. The molecule has 0 unspecified atom stereocenters. The molecule has 3 aliphatic heterocycles. The molecule has 0 radical (unpaired) electrons. The number of carbonyl (C=O) groups is 2. The number of nitrogens with zero attached hydrogens (tertiary/aromatic N) is 2. The molecule has 2 amide bonds. The second kappa shape index (κ2) is 7.91. The molecule has 0 aliphatic carbocycles. The van der Waals surface area contributed by atoms with E-state index < -0.39 is 0 Å². The normalized spacial score (nSPS) is 22.8. The van der Waals surface area contributed by atoms with Crippen LogP contribution >= 0.6 is 0 Å². The van der Waals surface area contributed by atoms with Gasteiger partial charge in [-0.2, -0.15) is 0 Å². The van der Waals surface area contributed by atoms with Gasteiger partial charge in [0.15, 0.2) is 11.5 Å². The van der Waals surface area contributed by atoms with Gasteiger partial charge in [-0.05, 0) is 61.6 Å². The van der Waals surface area contributed by atoms with Gasteiger partial charge in [0.25, 0.3) is 0 Å². The summed E-state index contributed by atoms with van der Waals surface area (Å²) in [4.78, 5) is 30.1. The smallest absolute Gasteiger partial charge is 0.228 e. The molecule has 162 valence electrons. The van der Waals surface area contributed by atoms with Crippen LogP contribution in [-0.2, 0) is 9.59 Å². The minimum absolute atomic E-state index is 0.0215. The number of hydrogen-bond acceptors (Lipinski definition) is 4. The molecule has 0 saturated carbocycles. The zero-order valence-corrected chi connectivity index (χ0v) is 18.1. The van der Waals surface area contributed by atoms with Crippen molar-refractivity contribution < 1.29 is 19.1 Å². The molecule has 2 aromatic rings. The fourth-order valence-corrected chi connectivity index (χ4v) is 5.01. The van der Waals surface area contributed by atoms with Crippen LogP contribution in [0.15, 0.2) is 36.4 Å². The maximum Gasteiger partial charge on any atom is 0.228 e. The lowest BCUT2D eigenvalue weighted by Gasteiger charge is -2.29. The quantitative estimate of drug-likeness (QED) is 0.758. The van der Waals surface area contributed by atoms with Gasteiger partial charge >= 0.3 is 0 Å². The number of hydrogen-bond donors (Lipinski definition) is 0. The summed E-state index contributed by atoms with van der Waals surface area (Å²) in [6.07, 6.45) is 2.16. The highest BCUT2D eigenvalue weighted by molar-refractivity contribution is 6.01. The highest BCUT2D eigenvalue weighted by Gasteiger charge is 2.41. The van der Waals surface area contributed by atoms with Gasteiger partial charge in [-0.3, -0.25) is 9.59 Å². The minimum atomic E-state index is -0.301. The number of benzene rings is 2. The second-order valence-corrected chi connectivity index (χ2v) is 8.72. The van der Waals surface area contributed by atoms with Gasteiger partial charge in [-0.1, -0.05) is 18.2 Å². The van der Waals surface area contributed by atoms with Crippen molar-refractivity contribution in [3.8, 4) is 11.5 Å². The largest absolute Gasteiger partial charge is 0.486 e. The summed E-state index contributed by atoms with van der Waals surface area (Å²) in [7, 11) is 0. The number of amides is 2. The van der Waals surface area contributed by atoms with Gasteiger partial charge in [0.1, 0.15) is 13.2 Å². The van der Waals surface area contributed by atoms with Crippen LogP contribution < -0.4 is 14.4 Å². The van der Waals surface area contributed by atoms with Gasteiger partial charge in [0, 0.05) is 25.2 Å². The van der Waals surface area contributed by atoms with Crippen molar-refractivity contribution in [3.05, 3.63) is 53.1 Å². The molecule has 2 fully saturated rings. The molecular weight excluding hydrogens is 392 g/mol. The first-order chi connectivity index (χ1) is 15.0. The Balaban J connectivity index is 1.35. The maximum atomic E-state index is 13.5. The summed E-state index contributed by atoms with van der Waals surface area (Å²) in [6, 6.07) is 12.0. The topological polar surface area (TPSA) is 59.1 Å². The molecule has 0 bridgehead atoms. The molecule has 0 spiro atoms.